The molecule has 1 aromatic heterocycles. The van der Waals surface area contributed by atoms with E-state index in [4.69, 9.17) is 14.2 Å². The Kier molecular flexibility index (Phi) is 7.43. The van der Waals surface area contributed by atoms with Crippen molar-refractivity contribution in [1.82, 2.24) is 15.5 Å². The topological polar surface area (TPSA) is 82.6 Å². The SMILES string of the molecule is COc1ccc(-c2ccc(OCCNC(=O)C(C)Oc3cc(C)cc(C)c3)nn2)cc1. The van der Waals surface area contributed by atoms with Crippen LogP contribution in [0.3, 0.4) is 0 Å². The molecular formula is C24H27N3O4. The Labute approximate surface area is 182 Å². The van der Waals surface area contributed by atoms with Crippen molar-refractivity contribution < 1.29 is 19.0 Å². The van der Waals surface area contributed by atoms with Gasteiger partial charge < -0.3 is 19.5 Å². The predicted octanol–water partition coefficient (Wildman–Crippen LogP) is 3.73. The molecule has 0 fully saturated rings. The van der Waals surface area contributed by atoms with Gasteiger partial charge in [-0.15, -0.1) is 10.2 Å². The van der Waals surface area contributed by atoms with Gasteiger partial charge in [-0.1, -0.05) is 6.07 Å². The fourth-order valence-corrected chi connectivity index (χ4v) is 3.04. The van der Waals surface area contributed by atoms with Crippen LogP contribution in [0.5, 0.6) is 17.4 Å². The van der Waals surface area contributed by atoms with Gasteiger partial charge >= 0.3 is 0 Å². The van der Waals surface area contributed by atoms with Gasteiger partial charge in [-0.2, -0.15) is 0 Å². The van der Waals surface area contributed by atoms with Gasteiger partial charge in [-0.3, -0.25) is 4.79 Å². The highest BCUT2D eigenvalue weighted by Crippen LogP contribution is 2.21. The Balaban J connectivity index is 1.42. The van der Waals surface area contributed by atoms with Crippen molar-refractivity contribution in [3.63, 3.8) is 0 Å². The summed E-state index contributed by atoms with van der Waals surface area (Å²) in [6, 6.07) is 17.0. The van der Waals surface area contributed by atoms with Crippen LogP contribution in [-0.2, 0) is 4.79 Å². The van der Waals surface area contributed by atoms with E-state index in [1.54, 1.807) is 20.1 Å². The van der Waals surface area contributed by atoms with Crippen molar-refractivity contribution in [1.29, 1.82) is 0 Å². The highest BCUT2D eigenvalue weighted by Gasteiger charge is 2.14. The molecule has 7 nitrogen and oxygen atoms in total. The van der Waals surface area contributed by atoms with Crippen LogP contribution in [0.4, 0.5) is 0 Å². The number of hydrogen-bond acceptors (Lipinski definition) is 6. The zero-order valence-electron chi connectivity index (χ0n) is 18.2. The average molecular weight is 421 g/mol. The number of rotatable bonds is 9. The molecule has 3 aromatic rings. The van der Waals surface area contributed by atoms with Crippen molar-refractivity contribution in [3.8, 4) is 28.6 Å². The maximum absolute atomic E-state index is 12.2. The molecule has 1 N–H and O–H groups in total. The molecule has 7 heteroatoms. The summed E-state index contributed by atoms with van der Waals surface area (Å²) in [6.45, 7) is 6.32. The fourth-order valence-electron chi connectivity index (χ4n) is 3.04. The molecule has 1 heterocycles. The third kappa shape index (κ3) is 6.44. The maximum atomic E-state index is 12.2. The van der Waals surface area contributed by atoms with Gasteiger partial charge in [0, 0.05) is 11.6 Å². The lowest BCUT2D eigenvalue weighted by Crippen LogP contribution is -2.38. The van der Waals surface area contributed by atoms with E-state index in [1.165, 1.54) is 0 Å². The van der Waals surface area contributed by atoms with Crippen LogP contribution < -0.4 is 19.5 Å². The summed E-state index contributed by atoms with van der Waals surface area (Å²) in [4.78, 5) is 12.2. The molecule has 1 unspecified atom stereocenters. The van der Waals surface area contributed by atoms with Crippen LogP contribution in [0, 0.1) is 13.8 Å². The first-order chi connectivity index (χ1) is 14.9. The van der Waals surface area contributed by atoms with Gasteiger partial charge in [0.25, 0.3) is 5.91 Å². The molecule has 0 spiro atoms. The number of ether oxygens (including phenoxy) is 3. The summed E-state index contributed by atoms with van der Waals surface area (Å²) in [5.74, 6) is 1.66. The van der Waals surface area contributed by atoms with E-state index in [0.29, 0.717) is 18.2 Å². The molecule has 0 aliphatic heterocycles. The molecule has 0 aliphatic carbocycles. The lowest BCUT2D eigenvalue weighted by molar-refractivity contribution is -0.127. The van der Waals surface area contributed by atoms with E-state index in [1.807, 2.05) is 56.3 Å². The van der Waals surface area contributed by atoms with Crippen LogP contribution in [0.1, 0.15) is 18.1 Å². The molecule has 2 aromatic carbocycles. The first-order valence-corrected chi connectivity index (χ1v) is 10.1. The lowest BCUT2D eigenvalue weighted by atomic mass is 10.1. The Morgan fingerprint density at radius 3 is 2.29 bits per heavy atom. The van der Waals surface area contributed by atoms with Gasteiger partial charge in [0.05, 0.1) is 19.3 Å². The van der Waals surface area contributed by atoms with Gasteiger partial charge in [0.2, 0.25) is 5.88 Å². The highest BCUT2D eigenvalue weighted by atomic mass is 16.5. The largest absolute Gasteiger partial charge is 0.497 e. The van der Waals surface area contributed by atoms with E-state index in [0.717, 1.165) is 28.1 Å². The van der Waals surface area contributed by atoms with E-state index in [2.05, 4.69) is 21.6 Å². The number of hydrogen-bond donors (Lipinski definition) is 1. The van der Waals surface area contributed by atoms with Crippen LogP contribution >= 0.6 is 0 Å². The normalized spacial score (nSPS) is 11.5. The van der Waals surface area contributed by atoms with E-state index < -0.39 is 6.10 Å². The molecule has 0 radical (unpaired) electrons. The van der Waals surface area contributed by atoms with Crippen molar-refractivity contribution in [2.24, 2.45) is 0 Å². The Morgan fingerprint density at radius 2 is 1.68 bits per heavy atom. The van der Waals surface area contributed by atoms with Crippen molar-refractivity contribution in [3.05, 3.63) is 65.7 Å². The molecule has 0 bridgehead atoms. The molecule has 31 heavy (non-hydrogen) atoms. The minimum Gasteiger partial charge on any atom is -0.497 e. The zero-order valence-corrected chi connectivity index (χ0v) is 18.2. The molecule has 1 atom stereocenters. The number of nitrogens with one attached hydrogen (secondary N) is 1. The van der Waals surface area contributed by atoms with Crippen molar-refractivity contribution in [2.45, 2.75) is 26.9 Å². The number of amides is 1. The van der Waals surface area contributed by atoms with Gasteiger partial charge in [0.1, 0.15) is 18.1 Å². The molecule has 0 saturated heterocycles. The van der Waals surface area contributed by atoms with Crippen molar-refractivity contribution >= 4 is 5.91 Å². The van der Waals surface area contributed by atoms with Gasteiger partial charge in [-0.25, -0.2) is 0 Å². The van der Waals surface area contributed by atoms with E-state index in [9.17, 15) is 4.79 Å². The van der Waals surface area contributed by atoms with Crippen LogP contribution in [0.15, 0.2) is 54.6 Å². The molecule has 162 valence electrons. The van der Waals surface area contributed by atoms with Crippen LogP contribution in [0.25, 0.3) is 11.3 Å². The summed E-state index contributed by atoms with van der Waals surface area (Å²) in [6.07, 6.45) is -0.607. The van der Waals surface area contributed by atoms with Gasteiger partial charge in [-0.05, 0) is 74.4 Å². The predicted molar refractivity (Wildman–Crippen MR) is 119 cm³/mol. The third-order valence-corrected chi connectivity index (χ3v) is 4.55. The standard InChI is InChI=1S/C24H27N3O4/c1-16-13-17(2)15-21(14-16)31-18(3)24(28)25-11-12-30-23-10-9-22(26-27-23)19-5-7-20(29-4)8-6-19/h5-10,13-15,18H,11-12H2,1-4H3,(H,25,28). The lowest BCUT2D eigenvalue weighted by Gasteiger charge is -2.15. The minimum absolute atomic E-state index is 0.205. The molecule has 0 aliphatic rings. The first kappa shape index (κ1) is 22.1. The number of methoxy groups -OCH3 is 1. The number of carbonyl (C=O) groups excluding carboxylic acids is 1. The van der Waals surface area contributed by atoms with E-state index in [-0.39, 0.29) is 12.5 Å². The van der Waals surface area contributed by atoms with E-state index >= 15 is 0 Å². The third-order valence-electron chi connectivity index (χ3n) is 4.55. The molecule has 3 rings (SSSR count). The van der Waals surface area contributed by atoms with Gasteiger partial charge in [0.15, 0.2) is 6.10 Å². The van der Waals surface area contributed by atoms with Crippen LogP contribution in [0.2, 0.25) is 0 Å². The summed E-state index contributed by atoms with van der Waals surface area (Å²) < 4.78 is 16.5. The number of nitrogens with zero attached hydrogens (tertiary/aromatic N) is 2. The second kappa shape index (κ2) is 10.4. The monoisotopic (exact) mass is 421 g/mol. The summed E-state index contributed by atoms with van der Waals surface area (Å²) in [5, 5.41) is 11.1. The smallest absolute Gasteiger partial charge is 0.260 e. The molecular weight excluding hydrogens is 394 g/mol. The quantitative estimate of drug-likeness (QED) is 0.530. The number of benzene rings is 2. The molecule has 1 amide bonds. The van der Waals surface area contributed by atoms with Crippen molar-refractivity contribution in [2.75, 3.05) is 20.3 Å². The maximum Gasteiger partial charge on any atom is 0.260 e. The Morgan fingerprint density at radius 1 is 0.968 bits per heavy atom. The fraction of sp³-hybridized carbons (Fsp3) is 0.292. The Hall–Kier alpha value is -3.61. The number of aromatic nitrogens is 2. The second-order valence-electron chi connectivity index (χ2n) is 7.21. The highest BCUT2D eigenvalue weighted by molar-refractivity contribution is 5.80. The summed E-state index contributed by atoms with van der Waals surface area (Å²) in [7, 11) is 1.63. The average Bonchev–Trinajstić information content (AvgIpc) is 2.76. The Bertz CT molecular complexity index is 984. The summed E-state index contributed by atoms with van der Waals surface area (Å²) >= 11 is 0. The zero-order chi connectivity index (χ0) is 22.2. The summed E-state index contributed by atoms with van der Waals surface area (Å²) in [5.41, 5.74) is 3.86. The number of carbonyl (C=O) groups is 1. The van der Waals surface area contributed by atoms with Crippen LogP contribution in [-0.4, -0.2) is 42.5 Å². The minimum atomic E-state index is -0.607. The number of aryl methyl sites for hydroxylation is 2. The first-order valence-electron chi connectivity index (χ1n) is 10.1. The molecule has 0 saturated carbocycles. The second-order valence-corrected chi connectivity index (χ2v) is 7.21.